The molecule has 2 aromatic heterocycles. The number of benzene rings is 1. The fourth-order valence-corrected chi connectivity index (χ4v) is 2.42. The summed E-state index contributed by atoms with van der Waals surface area (Å²) in [6.07, 6.45) is 7.66. The van der Waals surface area contributed by atoms with Gasteiger partial charge in [-0.3, -0.25) is 0 Å². The highest BCUT2D eigenvalue weighted by molar-refractivity contribution is 14.1. The molecule has 0 fully saturated rings. The molecule has 2 heterocycles. The van der Waals surface area contributed by atoms with Gasteiger partial charge in [0.2, 0.25) is 0 Å². The van der Waals surface area contributed by atoms with Gasteiger partial charge in [-0.05, 0) is 69.4 Å². The summed E-state index contributed by atoms with van der Waals surface area (Å²) >= 11 is 4.50. The van der Waals surface area contributed by atoms with Crippen LogP contribution in [0.2, 0.25) is 0 Å². The van der Waals surface area contributed by atoms with E-state index >= 15 is 0 Å². The van der Waals surface area contributed by atoms with Crippen LogP contribution in [0.5, 0.6) is 0 Å². The molecule has 0 radical (unpaired) electrons. The Morgan fingerprint density at radius 2 is 1.11 bits per heavy atom. The lowest BCUT2D eigenvalue weighted by atomic mass is 10.3. The molecule has 6 heteroatoms. The molecule has 0 amide bonds. The molecule has 0 spiro atoms. The van der Waals surface area contributed by atoms with E-state index in [1.165, 1.54) is 0 Å². The van der Waals surface area contributed by atoms with E-state index in [0.29, 0.717) is 0 Å². The Labute approximate surface area is 131 Å². The number of rotatable bonds is 2. The van der Waals surface area contributed by atoms with Crippen LogP contribution in [0, 0.1) is 7.14 Å². The van der Waals surface area contributed by atoms with Gasteiger partial charge in [-0.1, -0.05) is 0 Å². The van der Waals surface area contributed by atoms with Gasteiger partial charge in [0.05, 0.1) is 30.9 Å². The zero-order valence-electron chi connectivity index (χ0n) is 9.16. The summed E-state index contributed by atoms with van der Waals surface area (Å²) in [5.74, 6) is 0. The fraction of sp³-hybridized carbons (Fsp3) is 0. The standard InChI is InChI=1S/C12H8I2N4/c13-9-5-15-17(7-9)11-1-2-12(4-3-11)18-8-10(14)6-16-18/h1-8H. The van der Waals surface area contributed by atoms with Crippen molar-refractivity contribution in [2.75, 3.05) is 0 Å². The predicted octanol–water partition coefficient (Wildman–Crippen LogP) is 3.27. The molecule has 0 atom stereocenters. The Balaban J connectivity index is 1.94. The maximum Gasteiger partial charge on any atom is 0.0647 e. The average Bonchev–Trinajstić information content (AvgIpc) is 2.98. The van der Waals surface area contributed by atoms with Crippen LogP contribution in [0.4, 0.5) is 0 Å². The molecule has 0 aliphatic rings. The van der Waals surface area contributed by atoms with Crippen molar-refractivity contribution >= 4 is 45.2 Å². The summed E-state index contributed by atoms with van der Waals surface area (Å²) in [4.78, 5) is 0. The summed E-state index contributed by atoms with van der Waals surface area (Å²) in [5.41, 5.74) is 2.09. The Bertz CT molecular complexity index is 610. The van der Waals surface area contributed by atoms with Crippen LogP contribution in [-0.2, 0) is 0 Å². The van der Waals surface area contributed by atoms with E-state index < -0.39 is 0 Å². The van der Waals surface area contributed by atoms with E-state index in [1.54, 1.807) is 0 Å². The third-order valence-corrected chi connectivity index (χ3v) is 3.60. The molecule has 0 bridgehead atoms. The van der Waals surface area contributed by atoms with Gasteiger partial charge in [-0.15, -0.1) is 0 Å². The third kappa shape index (κ3) is 2.44. The van der Waals surface area contributed by atoms with Gasteiger partial charge in [0.15, 0.2) is 0 Å². The van der Waals surface area contributed by atoms with E-state index in [2.05, 4.69) is 55.4 Å². The third-order valence-electron chi connectivity index (χ3n) is 2.48. The molecule has 3 rings (SSSR count). The lowest BCUT2D eigenvalue weighted by Gasteiger charge is -2.04. The molecule has 0 unspecified atom stereocenters. The zero-order chi connectivity index (χ0) is 12.5. The molecule has 4 nitrogen and oxygen atoms in total. The van der Waals surface area contributed by atoms with Gasteiger partial charge in [-0.2, -0.15) is 10.2 Å². The van der Waals surface area contributed by atoms with Crippen LogP contribution in [0.1, 0.15) is 0 Å². The van der Waals surface area contributed by atoms with Crippen molar-refractivity contribution in [3.8, 4) is 11.4 Å². The van der Waals surface area contributed by atoms with Crippen LogP contribution in [-0.4, -0.2) is 19.6 Å². The quantitative estimate of drug-likeness (QED) is 0.549. The lowest BCUT2D eigenvalue weighted by molar-refractivity contribution is 0.864. The number of hydrogen-bond donors (Lipinski definition) is 0. The number of nitrogens with zero attached hydrogens (tertiary/aromatic N) is 4. The van der Waals surface area contributed by atoms with E-state index in [0.717, 1.165) is 18.5 Å². The number of halogens is 2. The highest BCUT2D eigenvalue weighted by Crippen LogP contribution is 2.14. The van der Waals surface area contributed by atoms with E-state index in [-0.39, 0.29) is 0 Å². The maximum absolute atomic E-state index is 4.28. The van der Waals surface area contributed by atoms with Gasteiger partial charge in [0, 0.05) is 12.4 Å². The first-order valence-electron chi connectivity index (χ1n) is 5.23. The lowest BCUT2D eigenvalue weighted by Crippen LogP contribution is -1.97. The summed E-state index contributed by atoms with van der Waals surface area (Å²) in [6, 6.07) is 8.14. The van der Waals surface area contributed by atoms with E-state index in [4.69, 9.17) is 0 Å². The van der Waals surface area contributed by atoms with Gasteiger partial charge in [0.25, 0.3) is 0 Å². The largest absolute Gasteiger partial charge is 0.240 e. The van der Waals surface area contributed by atoms with Crippen molar-refractivity contribution in [2.24, 2.45) is 0 Å². The first-order valence-corrected chi connectivity index (χ1v) is 7.39. The van der Waals surface area contributed by atoms with Gasteiger partial charge >= 0.3 is 0 Å². The summed E-state index contributed by atoms with van der Waals surface area (Å²) in [7, 11) is 0. The van der Waals surface area contributed by atoms with Crippen LogP contribution in [0.25, 0.3) is 11.4 Å². The molecular formula is C12H8I2N4. The molecule has 3 aromatic rings. The van der Waals surface area contributed by atoms with Crippen LogP contribution < -0.4 is 0 Å². The summed E-state index contributed by atoms with van der Waals surface area (Å²) in [6.45, 7) is 0. The average molecular weight is 462 g/mol. The van der Waals surface area contributed by atoms with Crippen molar-refractivity contribution < 1.29 is 0 Å². The second-order valence-corrected chi connectivity index (χ2v) is 6.21. The SMILES string of the molecule is Ic1cnn(-c2ccc(-n3cc(I)cn3)cc2)c1. The molecular weight excluding hydrogens is 454 g/mol. The number of aromatic nitrogens is 4. The maximum atomic E-state index is 4.28. The number of hydrogen-bond acceptors (Lipinski definition) is 2. The van der Waals surface area contributed by atoms with Crippen LogP contribution in [0.3, 0.4) is 0 Å². The summed E-state index contributed by atoms with van der Waals surface area (Å²) in [5, 5.41) is 8.56. The monoisotopic (exact) mass is 462 g/mol. The van der Waals surface area contributed by atoms with Crippen molar-refractivity contribution in [1.29, 1.82) is 0 Å². The minimum atomic E-state index is 1.04. The Hall–Kier alpha value is -0.900. The first kappa shape index (κ1) is 12.2. The molecule has 0 saturated carbocycles. The second kappa shape index (κ2) is 5.00. The van der Waals surface area contributed by atoms with Crippen molar-refractivity contribution in [3.05, 3.63) is 56.2 Å². The fourth-order valence-electron chi connectivity index (χ4n) is 1.64. The Kier molecular flexibility index (Phi) is 3.37. The minimum absolute atomic E-state index is 1.04. The highest BCUT2D eigenvalue weighted by Gasteiger charge is 2.01. The minimum Gasteiger partial charge on any atom is -0.240 e. The topological polar surface area (TPSA) is 35.6 Å². The van der Waals surface area contributed by atoms with E-state index in [9.17, 15) is 0 Å². The van der Waals surface area contributed by atoms with Crippen LogP contribution >= 0.6 is 45.2 Å². The van der Waals surface area contributed by atoms with Gasteiger partial charge < -0.3 is 0 Å². The van der Waals surface area contributed by atoms with Gasteiger partial charge in [0.1, 0.15) is 0 Å². The molecule has 0 saturated heterocycles. The molecule has 18 heavy (non-hydrogen) atoms. The molecule has 1 aromatic carbocycles. The first-order chi connectivity index (χ1) is 8.72. The van der Waals surface area contributed by atoms with Crippen LogP contribution in [0.15, 0.2) is 49.1 Å². The molecule has 90 valence electrons. The van der Waals surface area contributed by atoms with E-state index in [1.807, 2.05) is 58.4 Å². The van der Waals surface area contributed by atoms with Crippen molar-refractivity contribution in [1.82, 2.24) is 19.6 Å². The molecule has 0 aliphatic heterocycles. The molecule has 0 aliphatic carbocycles. The Morgan fingerprint density at radius 1 is 0.722 bits per heavy atom. The van der Waals surface area contributed by atoms with Crippen molar-refractivity contribution in [3.63, 3.8) is 0 Å². The normalized spacial score (nSPS) is 10.8. The van der Waals surface area contributed by atoms with Crippen molar-refractivity contribution in [2.45, 2.75) is 0 Å². The Morgan fingerprint density at radius 3 is 1.39 bits per heavy atom. The highest BCUT2D eigenvalue weighted by atomic mass is 127. The zero-order valence-corrected chi connectivity index (χ0v) is 13.5. The predicted molar refractivity (Wildman–Crippen MR) is 86.1 cm³/mol. The second-order valence-electron chi connectivity index (χ2n) is 3.72. The smallest absolute Gasteiger partial charge is 0.0647 e. The molecule has 0 N–H and O–H groups in total. The summed E-state index contributed by atoms with van der Waals surface area (Å²) < 4.78 is 5.97. The van der Waals surface area contributed by atoms with Gasteiger partial charge in [-0.25, -0.2) is 9.36 Å².